The molecule has 140 valence electrons. The highest BCUT2D eigenvalue weighted by molar-refractivity contribution is 5.90. The Morgan fingerprint density at radius 1 is 1.11 bits per heavy atom. The Morgan fingerprint density at radius 3 is 2.52 bits per heavy atom. The fourth-order valence-corrected chi connectivity index (χ4v) is 3.57. The van der Waals surface area contributed by atoms with E-state index in [1.54, 1.807) is 19.1 Å². The van der Waals surface area contributed by atoms with Crippen LogP contribution >= 0.6 is 0 Å². The predicted octanol–water partition coefficient (Wildman–Crippen LogP) is 1.64. The van der Waals surface area contributed by atoms with E-state index in [2.05, 4.69) is 10.1 Å². The van der Waals surface area contributed by atoms with Crippen LogP contribution in [0.2, 0.25) is 0 Å². The molecule has 0 radical (unpaired) electrons. The van der Waals surface area contributed by atoms with E-state index in [0.717, 1.165) is 16.8 Å². The maximum Gasteiger partial charge on any atom is 0.332 e. The summed E-state index contributed by atoms with van der Waals surface area (Å²) >= 11 is 0. The molecule has 1 aliphatic heterocycles. The van der Waals surface area contributed by atoms with Gasteiger partial charge >= 0.3 is 5.69 Å². The Labute approximate surface area is 156 Å². The zero-order valence-electron chi connectivity index (χ0n) is 16.1. The van der Waals surface area contributed by atoms with Gasteiger partial charge in [-0.25, -0.2) is 9.80 Å². The number of imidazole rings is 1. The van der Waals surface area contributed by atoms with Crippen molar-refractivity contribution in [1.82, 2.24) is 18.7 Å². The minimum absolute atomic E-state index is 0.113. The third-order valence-corrected chi connectivity index (χ3v) is 5.34. The zero-order chi connectivity index (χ0) is 19.5. The standard InChI is InChI=1S/C19H22N6O2/c1-11-8-6-7-9-14(11)10-24-17(26)15-16(22(4)19(24)27)20-18-23(5)21-12(2)13(3)25(15)18/h6-9,13H,10H2,1-5H3/t13-/m0/s1. The molecule has 0 aliphatic carbocycles. The summed E-state index contributed by atoms with van der Waals surface area (Å²) in [6.45, 7) is 6.10. The van der Waals surface area contributed by atoms with Crippen molar-refractivity contribution >= 4 is 22.8 Å². The maximum absolute atomic E-state index is 13.3. The van der Waals surface area contributed by atoms with Crippen molar-refractivity contribution in [2.75, 3.05) is 12.1 Å². The Morgan fingerprint density at radius 2 is 1.81 bits per heavy atom. The van der Waals surface area contributed by atoms with Crippen LogP contribution in [0.3, 0.4) is 0 Å². The van der Waals surface area contributed by atoms with Gasteiger partial charge in [0.15, 0.2) is 11.2 Å². The number of fused-ring (bicyclic) bond motifs is 3. The first-order chi connectivity index (χ1) is 12.8. The Balaban J connectivity index is 2.03. The first-order valence-corrected chi connectivity index (χ1v) is 8.86. The Bertz CT molecular complexity index is 1210. The van der Waals surface area contributed by atoms with Crippen molar-refractivity contribution in [3.63, 3.8) is 0 Å². The van der Waals surface area contributed by atoms with E-state index in [1.165, 1.54) is 9.13 Å². The summed E-state index contributed by atoms with van der Waals surface area (Å²) in [5, 5.41) is 6.10. The maximum atomic E-state index is 13.3. The van der Waals surface area contributed by atoms with Crippen LogP contribution in [0.5, 0.6) is 0 Å². The molecule has 4 rings (SSSR count). The summed E-state index contributed by atoms with van der Waals surface area (Å²) in [5.41, 5.74) is 2.96. The third kappa shape index (κ3) is 2.43. The van der Waals surface area contributed by atoms with Crippen LogP contribution in [-0.4, -0.2) is 31.4 Å². The van der Waals surface area contributed by atoms with Gasteiger partial charge in [-0.05, 0) is 31.9 Å². The van der Waals surface area contributed by atoms with Crippen LogP contribution in [-0.2, 0) is 13.6 Å². The van der Waals surface area contributed by atoms with Crippen LogP contribution in [0.1, 0.15) is 31.0 Å². The SMILES string of the molecule is CC1=NN(C)c2nc3c(c(=O)n(Cc4ccccc4C)c(=O)n3C)n2[C@H]1C. The second-order valence-electron chi connectivity index (χ2n) is 7.05. The van der Waals surface area contributed by atoms with Crippen LogP contribution in [0.25, 0.3) is 11.2 Å². The average molecular weight is 366 g/mol. The first kappa shape index (κ1) is 17.3. The molecular formula is C19H22N6O2. The van der Waals surface area contributed by atoms with Crippen molar-refractivity contribution in [3.8, 4) is 0 Å². The molecule has 1 aliphatic rings. The Hall–Kier alpha value is -3.16. The molecule has 0 bridgehead atoms. The number of aromatic nitrogens is 4. The summed E-state index contributed by atoms with van der Waals surface area (Å²) in [5.74, 6) is 0.559. The third-order valence-electron chi connectivity index (χ3n) is 5.34. The highest BCUT2D eigenvalue weighted by Crippen LogP contribution is 2.28. The van der Waals surface area contributed by atoms with Gasteiger partial charge in [0.2, 0.25) is 5.95 Å². The lowest BCUT2D eigenvalue weighted by molar-refractivity contribution is 0.637. The van der Waals surface area contributed by atoms with Gasteiger partial charge in [-0.1, -0.05) is 24.3 Å². The van der Waals surface area contributed by atoms with Gasteiger partial charge in [0.1, 0.15) is 0 Å². The molecular weight excluding hydrogens is 344 g/mol. The van der Waals surface area contributed by atoms with Gasteiger partial charge in [-0.3, -0.25) is 18.5 Å². The summed E-state index contributed by atoms with van der Waals surface area (Å²) in [7, 11) is 3.44. The van der Waals surface area contributed by atoms with Gasteiger partial charge in [-0.15, -0.1) is 0 Å². The molecule has 0 spiro atoms. The number of hydrogen-bond acceptors (Lipinski definition) is 5. The minimum atomic E-state index is -0.376. The van der Waals surface area contributed by atoms with E-state index in [0.29, 0.717) is 17.1 Å². The number of nitrogens with zero attached hydrogens (tertiary/aromatic N) is 6. The van der Waals surface area contributed by atoms with E-state index in [4.69, 9.17) is 0 Å². The quantitative estimate of drug-likeness (QED) is 0.691. The largest absolute Gasteiger partial charge is 0.332 e. The molecule has 0 amide bonds. The number of hydrazone groups is 1. The zero-order valence-corrected chi connectivity index (χ0v) is 16.1. The second-order valence-corrected chi connectivity index (χ2v) is 7.05. The summed E-state index contributed by atoms with van der Waals surface area (Å²) in [6.07, 6.45) is 0. The number of aryl methyl sites for hydroxylation is 2. The molecule has 0 saturated carbocycles. The van der Waals surface area contributed by atoms with Crippen LogP contribution in [0.15, 0.2) is 39.0 Å². The van der Waals surface area contributed by atoms with Crippen molar-refractivity contribution in [2.45, 2.75) is 33.4 Å². The van der Waals surface area contributed by atoms with Gasteiger partial charge in [-0.2, -0.15) is 10.1 Å². The average Bonchev–Trinajstić information content (AvgIpc) is 3.04. The molecule has 8 heteroatoms. The van der Waals surface area contributed by atoms with Crippen molar-refractivity contribution in [2.24, 2.45) is 12.1 Å². The first-order valence-electron chi connectivity index (χ1n) is 8.86. The highest BCUT2D eigenvalue weighted by Gasteiger charge is 2.29. The van der Waals surface area contributed by atoms with E-state index < -0.39 is 0 Å². The molecule has 2 aromatic heterocycles. The summed E-state index contributed by atoms with van der Waals surface area (Å²) in [6, 6.07) is 7.65. The lowest BCUT2D eigenvalue weighted by Gasteiger charge is -2.26. The lowest BCUT2D eigenvalue weighted by Crippen LogP contribution is -2.40. The molecule has 3 aromatic rings. The van der Waals surface area contributed by atoms with E-state index >= 15 is 0 Å². The van der Waals surface area contributed by atoms with E-state index in [-0.39, 0.29) is 23.8 Å². The molecule has 0 saturated heterocycles. The summed E-state index contributed by atoms with van der Waals surface area (Å²) in [4.78, 5) is 30.8. The van der Waals surface area contributed by atoms with Gasteiger partial charge in [0.05, 0.1) is 18.3 Å². The number of benzene rings is 1. The smallest absolute Gasteiger partial charge is 0.294 e. The number of anilines is 1. The molecule has 0 N–H and O–H groups in total. The van der Waals surface area contributed by atoms with E-state index in [1.807, 2.05) is 49.6 Å². The molecule has 0 fully saturated rings. The molecule has 1 aromatic carbocycles. The second kappa shape index (κ2) is 5.94. The number of hydrogen-bond donors (Lipinski definition) is 0. The number of rotatable bonds is 2. The summed E-state index contributed by atoms with van der Waals surface area (Å²) < 4.78 is 4.59. The fraction of sp³-hybridized carbons (Fsp3) is 0.368. The van der Waals surface area contributed by atoms with Crippen molar-refractivity contribution < 1.29 is 0 Å². The molecule has 8 nitrogen and oxygen atoms in total. The molecule has 1 atom stereocenters. The van der Waals surface area contributed by atoms with Crippen molar-refractivity contribution in [3.05, 3.63) is 56.2 Å². The van der Waals surface area contributed by atoms with Crippen LogP contribution in [0, 0.1) is 6.92 Å². The van der Waals surface area contributed by atoms with Gasteiger partial charge < -0.3 is 0 Å². The molecule has 0 unspecified atom stereocenters. The monoisotopic (exact) mass is 366 g/mol. The lowest BCUT2D eigenvalue weighted by atomic mass is 10.1. The topological polar surface area (TPSA) is 77.4 Å². The highest BCUT2D eigenvalue weighted by atomic mass is 16.2. The molecule has 27 heavy (non-hydrogen) atoms. The molecule has 3 heterocycles. The fourth-order valence-electron chi connectivity index (χ4n) is 3.57. The van der Waals surface area contributed by atoms with Gasteiger partial charge in [0, 0.05) is 14.1 Å². The van der Waals surface area contributed by atoms with E-state index in [9.17, 15) is 9.59 Å². The predicted molar refractivity (Wildman–Crippen MR) is 106 cm³/mol. The van der Waals surface area contributed by atoms with Gasteiger partial charge in [0.25, 0.3) is 5.56 Å². The van der Waals surface area contributed by atoms with Crippen molar-refractivity contribution in [1.29, 1.82) is 0 Å². The van der Waals surface area contributed by atoms with Crippen LogP contribution in [0.4, 0.5) is 5.95 Å². The Kier molecular flexibility index (Phi) is 3.80. The minimum Gasteiger partial charge on any atom is -0.294 e. The van der Waals surface area contributed by atoms with Crippen LogP contribution < -0.4 is 16.3 Å². The normalized spacial score (nSPS) is 16.6.